The Morgan fingerprint density at radius 3 is 2.36 bits per heavy atom. The molecule has 25 heavy (non-hydrogen) atoms. The van der Waals surface area contributed by atoms with Gasteiger partial charge in [-0.15, -0.1) is 0 Å². The molecule has 7 nitrogen and oxygen atoms in total. The third-order valence-electron chi connectivity index (χ3n) is 3.97. The highest BCUT2D eigenvalue weighted by Crippen LogP contribution is 2.15. The summed E-state index contributed by atoms with van der Waals surface area (Å²) in [7, 11) is -0.459. The van der Waals surface area contributed by atoms with Crippen LogP contribution in [0.2, 0.25) is 0 Å². The van der Waals surface area contributed by atoms with Crippen molar-refractivity contribution in [3.63, 3.8) is 0 Å². The highest BCUT2D eigenvalue weighted by atomic mass is 32.2. The Labute approximate surface area is 148 Å². The molecular formula is C17H23N3O4S. The standard InChI is InChI=1S/C17H23N3O4S/c1-12-16(13(2)24-19-12)9-10-17(21)18-11-14-5-7-15(8-6-14)25(22,23)20(3)4/h5-8H,9-11H2,1-4H3,(H,18,21). The molecule has 0 saturated heterocycles. The van der Waals surface area contributed by atoms with E-state index in [1.54, 1.807) is 24.3 Å². The normalized spacial score (nSPS) is 11.7. The van der Waals surface area contributed by atoms with E-state index in [0.717, 1.165) is 22.6 Å². The molecule has 0 aliphatic heterocycles. The van der Waals surface area contributed by atoms with Crippen LogP contribution in [-0.4, -0.2) is 37.9 Å². The van der Waals surface area contributed by atoms with E-state index in [2.05, 4.69) is 10.5 Å². The first-order valence-electron chi connectivity index (χ1n) is 7.91. The fourth-order valence-corrected chi connectivity index (χ4v) is 3.28. The zero-order valence-corrected chi connectivity index (χ0v) is 15.7. The van der Waals surface area contributed by atoms with Gasteiger partial charge in [0.25, 0.3) is 0 Å². The van der Waals surface area contributed by atoms with E-state index in [0.29, 0.717) is 19.4 Å². The van der Waals surface area contributed by atoms with Crippen molar-refractivity contribution in [2.45, 2.75) is 38.1 Å². The van der Waals surface area contributed by atoms with Crippen LogP contribution in [0.15, 0.2) is 33.7 Å². The Kier molecular flexibility index (Phi) is 5.97. The molecule has 0 unspecified atom stereocenters. The maximum absolute atomic E-state index is 12.0. The Bertz CT molecular complexity index is 820. The van der Waals surface area contributed by atoms with Crippen LogP contribution in [0.4, 0.5) is 0 Å². The number of amides is 1. The Hall–Kier alpha value is -2.19. The third kappa shape index (κ3) is 4.67. The summed E-state index contributed by atoms with van der Waals surface area (Å²) in [6.45, 7) is 4.03. The molecule has 1 aromatic carbocycles. The molecule has 2 aromatic rings. The summed E-state index contributed by atoms with van der Waals surface area (Å²) < 4.78 is 30.3. The number of benzene rings is 1. The molecule has 0 spiro atoms. The molecule has 1 aromatic heterocycles. The molecule has 2 rings (SSSR count). The number of carbonyl (C=O) groups excluding carboxylic acids is 1. The quantitative estimate of drug-likeness (QED) is 0.807. The van der Waals surface area contributed by atoms with Crippen LogP contribution in [0.5, 0.6) is 0 Å². The van der Waals surface area contributed by atoms with Crippen molar-refractivity contribution >= 4 is 15.9 Å². The lowest BCUT2D eigenvalue weighted by Crippen LogP contribution is -2.24. The van der Waals surface area contributed by atoms with Gasteiger partial charge in [-0.2, -0.15) is 0 Å². The number of nitrogens with zero attached hydrogens (tertiary/aromatic N) is 2. The van der Waals surface area contributed by atoms with Gasteiger partial charge in [-0.25, -0.2) is 12.7 Å². The van der Waals surface area contributed by atoms with E-state index >= 15 is 0 Å². The lowest BCUT2D eigenvalue weighted by Gasteiger charge is -2.12. The van der Waals surface area contributed by atoms with Gasteiger partial charge in [-0.3, -0.25) is 4.79 Å². The van der Waals surface area contributed by atoms with Gasteiger partial charge in [-0.1, -0.05) is 17.3 Å². The lowest BCUT2D eigenvalue weighted by molar-refractivity contribution is -0.121. The number of hydrogen-bond acceptors (Lipinski definition) is 5. The van der Waals surface area contributed by atoms with Crippen molar-refractivity contribution in [1.29, 1.82) is 0 Å². The average Bonchev–Trinajstić information content (AvgIpc) is 2.89. The predicted molar refractivity (Wildman–Crippen MR) is 93.5 cm³/mol. The van der Waals surface area contributed by atoms with Crippen LogP contribution in [0.3, 0.4) is 0 Å². The SMILES string of the molecule is Cc1noc(C)c1CCC(=O)NCc1ccc(S(=O)(=O)N(C)C)cc1. The van der Waals surface area contributed by atoms with Gasteiger partial charge in [0, 0.05) is 32.6 Å². The molecule has 1 amide bonds. The van der Waals surface area contributed by atoms with E-state index in [-0.39, 0.29) is 10.8 Å². The second-order valence-corrected chi connectivity index (χ2v) is 8.16. The summed E-state index contributed by atoms with van der Waals surface area (Å²) in [5.74, 6) is 0.660. The summed E-state index contributed by atoms with van der Waals surface area (Å²) in [5, 5.41) is 6.70. The van der Waals surface area contributed by atoms with Crippen molar-refractivity contribution in [3.05, 3.63) is 46.8 Å². The molecule has 1 N–H and O–H groups in total. The fraction of sp³-hybridized carbons (Fsp3) is 0.412. The average molecular weight is 365 g/mol. The maximum Gasteiger partial charge on any atom is 0.242 e. The summed E-state index contributed by atoms with van der Waals surface area (Å²) in [4.78, 5) is 12.2. The molecule has 136 valence electrons. The molecule has 0 aliphatic rings. The van der Waals surface area contributed by atoms with Gasteiger partial charge in [0.15, 0.2) is 0 Å². The van der Waals surface area contributed by atoms with Gasteiger partial charge in [0.2, 0.25) is 15.9 Å². The summed E-state index contributed by atoms with van der Waals surface area (Å²) >= 11 is 0. The Balaban J connectivity index is 1.88. The largest absolute Gasteiger partial charge is 0.361 e. The Morgan fingerprint density at radius 2 is 1.84 bits per heavy atom. The van der Waals surface area contributed by atoms with Gasteiger partial charge in [-0.05, 0) is 38.0 Å². The zero-order chi connectivity index (χ0) is 18.6. The smallest absolute Gasteiger partial charge is 0.242 e. The van der Waals surface area contributed by atoms with Gasteiger partial charge in [0.05, 0.1) is 10.6 Å². The van der Waals surface area contributed by atoms with Gasteiger partial charge < -0.3 is 9.84 Å². The van der Waals surface area contributed by atoms with Crippen LogP contribution in [0.1, 0.15) is 29.0 Å². The van der Waals surface area contributed by atoms with E-state index in [1.807, 2.05) is 13.8 Å². The Morgan fingerprint density at radius 1 is 1.20 bits per heavy atom. The second kappa shape index (κ2) is 7.79. The van der Waals surface area contributed by atoms with Crippen LogP contribution in [-0.2, 0) is 27.8 Å². The number of rotatable bonds is 7. The molecular weight excluding hydrogens is 342 g/mol. The van der Waals surface area contributed by atoms with Crippen molar-refractivity contribution < 1.29 is 17.7 Å². The van der Waals surface area contributed by atoms with Gasteiger partial charge >= 0.3 is 0 Å². The second-order valence-electron chi connectivity index (χ2n) is 6.01. The van der Waals surface area contributed by atoms with E-state index in [4.69, 9.17) is 4.52 Å². The fourth-order valence-electron chi connectivity index (χ4n) is 2.38. The number of hydrogen-bond donors (Lipinski definition) is 1. The van der Waals surface area contributed by atoms with E-state index < -0.39 is 10.0 Å². The molecule has 0 saturated carbocycles. The van der Waals surface area contributed by atoms with Crippen LogP contribution >= 0.6 is 0 Å². The molecule has 0 radical (unpaired) electrons. The number of nitrogens with one attached hydrogen (secondary N) is 1. The van der Waals surface area contributed by atoms with Crippen LogP contribution in [0, 0.1) is 13.8 Å². The van der Waals surface area contributed by atoms with Crippen molar-refractivity contribution in [2.75, 3.05) is 14.1 Å². The first-order valence-corrected chi connectivity index (χ1v) is 9.35. The molecule has 0 aliphatic carbocycles. The van der Waals surface area contributed by atoms with Gasteiger partial charge in [0.1, 0.15) is 5.76 Å². The highest BCUT2D eigenvalue weighted by molar-refractivity contribution is 7.89. The minimum atomic E-state index is -3.44. The topological polar surface area (TPSA) is 92.5 Å². The van der Waals surface area contributed by atoms with Crippen LogP contribution in [0.25, 0.3) is 0 Å². The minimum absolute atomic E-state index is 0.0787. The lowest BCUT2D eigenvalue weighted by atomic mass is 10.1. The molecule has 0 fully saturated rings. The number of carbonyl (C=O) groups is 1. The minimum Gasteiger partial charge on any atom is -0.361 e. The zero-order valence-electron chi connectivity index (χ0n) is 14.9. The maximum atomic E-state index is 12.0. The summed E-state index contributed by atoms with van der Waals surface area (Å²) in [6, 6.07) is 6.48. The predicted octanol–water partition coefficient (Wildman–Crippen LogP) is 1.79. The van der Waals surface area contributed by atoms with Crippen LogP contribution < -0.4 is 5.32 Å². The van der Waals surface area contributed by atoms with Crippen molar-refractivity contribution in [2.24, 2.45) is 0 Å². The number of aryl methyl sites for hydroxylation is 2. The first-order chi connectivity index (χ1) is 11.7. The number of sulfonamides is 1. The van der Waals surface area contributed by atoms with E-state index in [1.165, 1.54) is 18.4 Å². The van der Waals surface area contributed by atoms with E-state index in [9.17, 15) is 13.2 Å². The molecule has 0 bridgehead atoms. The molecule has 8 heteroatoms. The number of aromatic nitrogens is 1. The summed E-state index contributed by atoms with van der Waals surface area (Å²) in [5.41, 5.74) is 2.61. The van der Waals surface area contributed by atoms with Crippen molar-refractivity contribution in [1.82, 2.24) is 14.8 Å². The van der Waals surface area contributed by atoms with Crippen molar-refractivity contribution in [3.8, 4) is 0 Å². The molecule has 0 atom stereocenters. The third-order valence-corrected chi connectivity index (χ3v) is 5.80. The highest BCUT2D eigenvalue weighted by Gasteiger charge is 2.16. The summed E-state index contributed by atoms with van der Waals surface area (Å²) in [6.07, 6.45) is 0.920. The first kappa shape index (κ1) is 19.1. The monoisotopic (exact) mass is 365 g/mol. The molecule has 1 heterocycles.